The number of anilines is 1. The Bertz CT molecular complexity index is 937. The SMILES string of the molecule is Cc1nc(C)c(S(=O)(=O)Nc2cncnc2-c2ccccc2)s1. The average Bonchev–Trinajstić information content (AvgIpc) is 2.88. The summed E-state index contributed by atoms with van der Waals surface area (Å²) in [5, 5.41) is 0.704. The van der Waals surface area contributed by atoms with E-state index in [-0.39, 0.29) is 4.21 Å². The lowest BCUT2D eigenvalue weighted by molar-refractivity contribution is 0.602. The van der Waals surface area contributed by atoms with E-state index in [0.29, 0.717) is 22.1 Å². The number of aromatic nitrogens is 3. The summed E-state index contributed by atoms with van der Waals surface area (Å²) in [6.45, 7) is 3.45. The highest BCUT2D eigenvalue weighted by atomic mass is 32.2. The zero-order chi connectivity index (χ0) is 16.4. The van der Waals surface area contributed by atoms with Crippen LogP contribution < -0.4 is 4.72 Å². The maximum atomic E-state index is 12.6. The van der Waals surface area contributed by atoms with Gasteiger partial charge in [0.05, 0.1) is 28.3 Å². The number of benzene rings is 1. The molecule has 0 bridgehead atoms. The summed E-state index contributed by atoms with van der Waals surface area (Å²) >= 11 is 1.14. The van der Waals surface area contributed by atoms with Crippen molar-refractivity contribution < 1.29 is 8.42 Å². The minimum Gasteiger partial charge on any atom is -0.275 e. The van der Waals surface area contributed by atoms with E-state index in [2.05, 4.69) is 19.7 Å². The number of hydrogen-bond donors (Lipinski definition) is 1. The zero-order valence-corrected chi connectivity index (χ0v) is 14.1. The van der Waals surface area contributed by atoms with Gasteiger partial charge in [-0.05, 0) is 13.8 Å². The molecule has 0 radical (unpaired) electrons. The van der Waals surface area contributed by atoms with E-state index in [9.17, 15) is 8.42 Å². The van der Waals surface area contributed by atoms with Gasteiger partial charge < -0.3 is 0 Å². The summed E-state index contributed by atoms with van der Waals surface area (Å²) in [4.78, 5) is 12.3. The first-order chi connectivity index (χ1) is 11.0. The second-order valence-corrected chi connectivity index (χ2v) is 7.94. The quantitative estimate of drug-likeness (QED) is 0.785. The second-order valence-electron chi connectivity index (χ2n) is 4.86. The maximum absolute atomic E-state index is 12.6. The summed E-state index contributed by atoms with van der Waals surface area (Å²) in [6, 6.07) is 9.35. The lowest BCUT2D eigenvalue weighted by atomic mass is 10.1. The van der Waals surface area contributed by atoms with Gasteiger partial charge in [-0.25, -0.2) is 23.4 Å². The van der Waals surface area contributed by atoms with Crippen LogP contribution in [0.4, 0.5) is 5.69 Å². The molecule has 23 heavy (non-hydrogen) atoms. The molecular formula is C15H14N4O2S2. The number of aryl methyl sites for hydroxylation is 2. The fraction of sp³-hybridized carbons (Fsp3) is 0.133. The smallest absolute Gasteiger partial charge is 0.273 e. The summed E-state index contributed by atoms with van der Waals surface area (Å²) in [5.74, 6) is 0. The Morgan fingerprint density at radius 2 is 1.87 bits per heavy atom. The Labute approximate surface area is 138 Å². The number of hydrogen-bond acceptors (Lipinski definition) is 6. The number of nitrogens with zero attached hydrogens (tertiary/aromatic N) is 3. The zero-order valence-electron chi connectivity index (χ0n) is 12.5. The van der Waals surface area contributed by atoms with Gasteiger partial charge in [0.25, 0.3) is 10.0 Å². The molecule has 1 aromatic carbocycles. The largest absolute Gasteiger partial charge is 0.275 e. The van der Waals surface area contributed by atoms with Crippen molar-refractivity contribution >= 4 is 27.0 Å². The molecule has 3 aromatic rings. The second kappa shape index (κ2) is 6.05. The summed E-state index contributed by atoms with van der Waals surface area (Å²) in [7, 11) is -3.73. The van der Waals surface area contributed by atoms with Crippen molar-refractivity contribution in [3.8, 4) is 11.3 Å². The van der Waals surface area contributed by atoms with Gasteiger partial charge in [-0.3, -0.25) is 4.72 Å². The van der Waals surface area contributed by atoms with Crippen LogP contribution in [0.5, 0.6) is 0 Å². The molecule has 0 fully saturated rings. The minimum absolute atomic E-state index is 0.206. The first kappa shape index (κ1) is 15.6. The molecule has 1 N–H and O–H groups in total. The Morgan fingerprint density at radius 1 is 1.13 bits per heavy atom. The van der Waals surface area contributed by atoms with Crippen molar-refractivity contribution in [2.75, 3.05) is 4.72 Å². The fourth-order valence-electron chi connectivity index (χ4n) is 2.18. The Kier molecular flexibility index (Phi) is 4.10. The van der Waals surface area contributed by atoms with E-state index in [0.717, 1.165) is 16.9 Å². The van der Waals surface area contributed by atoms with E-state index < -0.39 is 10.0 Å². The van der Waals surface area contributed by atoms with Crippen molar-refractivity contribution in [1.82, 2.24) is 15.0 Å². The molecule has 0 saturated carbocycles. The molecule has 0 atom stereocenters. The lowest BCUT2D eigenvalue weighted by Gasteiger charge is -2.10. The van der Waals surface area contributed by atoms with Crippen LogP contribution in [0.15, 0.2) is 47.1 Å². The molecule has 0 unspecified atom stereocenters. The first-order valence-electron chi connectivity index (χ1n) is 6.79. The van der Waals surface area contributed by atoms with Crippen molar-refractivity contribution in [2.24, 2.45) is 0 Å². The van der Waals surface area contributed by atoms with E-state index in [1.54, 1.807) is 13.8 Å². The van der Waals surface area contributed by atoms with Gasteiger partial charge in [0.2, 0.25) is 0 Å². The van der Waals surface area contributed by atoms with Gasteiger partial charge >= 0.3 is 0 Å². The van der Waals surface area contributed by atoms with Crippen LogP contribution >= 0.6 is 11.3 Å². The van der Waals surface area contributed by atoms with E-state index in [4.69, 9.17) is 0 Å². The summed E-state index contributed by atoms with van der Waals surface area (Å²) < 4.78 is 28.0. The van der Waals surface area contributed by atoms with Gasteiger partial charge in [-0.1, -0.05) is 30.3 Å². The van der Waals surface area contributed by atoms with Crippen LogP contribution in [-0.4, -0.2) is 23.4 Å². The number of rotatable bonds is 4. The van der Waals surface area contributed by atoms with Gasteiger partial charge in [0, 0.05) is 5.56 Å². The van der Waals surface area contributed by atoms with E-state index in [1.807, 2.05) is 30.3 Å². The van der Waals surface area contributed by atoms with Crippen LogP contribution in [0, 0.1) is 13.8 Å². The molecule has 8 heteroatoms. The van der Waals surface area contributed by atoms with Crippen LogP contribution in [0.2, 0.25) is 0 Å². The molecular weight excluding hydrogens is 332 g/mol. The van der Waals surface area contributed by atoms with Gasteiger partial charge in [0.1, 0.15) is 6.33 Å². The van der Waals surface area contributed by atoms with Crippen LogP contribution in [0.1, 0.15) is 10.7 Å². The summed E-state index contributed by atoms with van der Waals surface area (Å²) in [6.07, 6.45) is 2.85. The first-order valence-corrected chi connectivity index (χ1v) is 9.09. The van der Waals surface area contributed by atoms with Gasteiger partial charge in [0.15, 0.2) is 4.21 Å². The molecule has 2 heterocycles. The van der Waals surface area contributed by atoms with Crippen molar-refractivity contribution in [1.29, 1.82) is 0 Å². The maximum Gasteiger partial charge on any atom is 0.273 e. The van der Waals surface area contributed by atoms with Gasteiger partial charge in [-0.2, -0.15) is 0 Å². The normalized spacial score (nSPS) is 11.4. The minimum atomic E-state index is -3.73. The third kappa shape index (κ3) is 3.22. The van der Waals surface area contributed by atoms with E-state index in [1.165, 1.54) is 12.5 Å². The van der Waals surface area contributed by atoms with Crippen molar-refractivity contribution in [3.63, 3.8) is 0 Å². The topological polar surface area (TPSA) is 84.8 Å². The predicted octanol–water partition coefficient (Wildman–Crippen LogP) is 3.02. The molecule has 0 aliphatic heterocycles. The highest BCUT2D eigenvalue weighted by Gasteiger charge is 2.22. The van der Waals surface area contributed by atoms with Crippen LogP contribution in [-0.2, 0) is 10.0 Å². The molecule has 0 amide bonds. The number of thiazole rings is 1. The Hall–Kier alpha value is -2.32. The average molecular weight is 346 g/mol. The van der Waals surface area contributed by atoms with Gasteiger partial charge in [-0.15, -0.1) is 11.3 Å². The highest BCUT2D eigenvalue weighted by molar-refractivity contribution is 7.94. The van der Waals surface area contributed by atoms with Crippen molar-refractivity contribution in [2.45, 2.75) is 18.1 Å². The monoisotopic (exact) mass is 346 g/mol. The number of nitrogens with one attached hydrogen (secondary N) is 1. The molecule has 118 valence electrons. The third-order valence-corrected chi connectivity index (χ3v) is 6.16. The predicted molar refractivity (Wildman–Crippen MR) is 89.9 cm³/mol. The molecule has 0 saturated heterocycles. The summed E-state index contributed by atoms with van der Waals surface area (Å²) in [5.41, 5.74) is 2.16. The lowest BCUT2D eigenvalue weighted by Crippen LogP contribution is -2.14. The number of sulfonamides is 1. The molecule has 2 aromatic heterocycles. The molecule has 6 nitrogen and oxygen atoms in total. The molecule has 0 aliphatic carbocycles. The molecule has 0 aliphatic rings. The van der Waals surface area contributed by atoms with Crippen molar-refractivity contribution in [3.05, 3.63) is 53.6 Å². The fourth-order valence-corrected chi connectivity index (χ4v) is 4.72. The molecule has 0 spiro atoms. The highest BCUT2D eigenvalue weighted by Crippen LogP contribution is 2.29. The van der Waals surface area contributed by atoms with E-state index >= 15 is 0 Å². The molecule has 3 rings (SSSR count). The Balaban J connectivity index is 2.03. The van der Waals surface area contributed by atoms with Crippen LogP contribution in [0.25, 0.3) is 11.3 Å². The third-order valence-electron chi connectivity index (χ3n) is 3.11. The van der Waals surface area contributed by atoms with Crippen LogP contribution in [0.3, 0.4) is 0 Å². The standard InChI is InChI=1S/C15H14N4O2S2/c1-10-15(22-11(2)18-10)23(20,21)19-13-8-16-9-17-14(13)12-6-4-3-5-7-12/h3-9,19H,1-2H3. The Morgan fingerprint density at radius 3 is 2.52 bits per heavy atom.